The highest BCUT2D eigenvalue weighted by Crippen LogP contribution is 2.42. The monoisotopic (exact) mass is 677 g/mol. The molecule has 5 rings (SSSR count). The van der Waals surface area contributed by atoms with Gasteiger partial charge in [0.1, 0.15) is 17.6 Å². The number of aldehydes is 1. The smallest absolute Gasteiger partial charge is 0.417 e. The van der Waals surface area contributed by atoms with Crippen LogP contribution in [0.2, 0.25) is 5.02 Å². The molecule has 2 N–H and O–H groups in total. The van der Waals surface area contributed by atoms with Crippen LogP contribution in [-0.4, -0.2) is 31.2 Å². The van der Waals surface area contributed by atoms with Gasteiger partial charge in [-0.1, -0.05) is 79.2 Å². The van der Waals surface area contributed by atoms with Crippen molar-refractivity contribution in [1.29, 1.82) is 0 Å². The van der Waals surface area contributed by atoms with Gasteiger partial charge in [0.05, 0.1) is 29.4 Å². The van der Waals surface area contributed by atoms with Crippen LogP contribution in [0.3, 0.4) is 0 Å². The lowest BCUT2D eigenvalue weighted by Crippen LogP contribution is -2.19. The highest BCUT2D eigenvalue weighted by atomic mass is 35.5. The summed E-state index contributed by atoms with van der Waals surface area (Å²) in [5.74, 6) is 0.623. The maximum Gasteiger partial charge on any atom is 0.417 e. The van der Waals surface area contributed by atoms with E-state index in [9.17, 15) is 23.1 Å². The van der Waals surface area contributed by atoms with Crippen molar-refractivity contribution >= 4 is 30.0 Å². The number of aliphatic hydroxyl groups excluding tert-OH is 1. The van der Waals surface area contributed by atoms with Gasteiger partial charge in [-0.15, -0.1) is 0 Å². The topological polar surface area (TPSA) is 67.8 Å². The summed E-state index contributed by atoms with van der Waals surface area (Å²) in [6.45, 7) is 5.37. The molecular weight excluding hydrogens is 639 g/mol. The fourth-order valence-corrected chi connectivity index (χ4v) is 6.38. The van der Waals surface area contributed by atoms with Crippen LogP contribution in [0.5, 0.6) is 11.5 Å². The number of aryl methyl sites for hydroxylation is 1. The van der Waals surface area contributed by atoms with Gasteiger partial charge in [0.2, 0.25) is 0 Å². The normalized spacial score (nSPS) is 15.0. The Balaban J connectivity index is 1.36. The van der Waals surface area contributed by atoms with Gasteiger partial charge in [-0.05, 0) is 96.3 Å². The average molecular weight is 678 g/mol. The Morgan fingerprint density at radius 2 is 1.75 bits per heavy atom. The number of methoxy groups -OCH3 is 1. The van der Waals surface area contributed by atoms with Crippen molar-refractivity contribution < 1.29 is 32.5 Å². The van der Waals surface area contributed by atoms with E-state index in [0.717, 1.165) is 67.1 Å². The molecule has 9 heteroatoms. The number of hydrogen-bond donors (Lipinski definition) is 2. The Morgan fingerprint density at radius 3 is 2.48 bits per heavy atom. The first-order valence-electron chi connectivity index (χ1n) is 16.0. The fourth-order valence-electron chi connectivity index (χ4n) is 6.10. The number of carbonyl (C=O) groups excluding carboxylic acids is 1. The number of halogens is 4. The summed E-state index contributed by atoms with van der Waals surface area (Å²) >= 11 is 6.97. The van der Waals surface area contributed by atoms with Crippen LogP contribution in [0.25, 0.3) is 23.3 Å². The number of benzene rings is 4. The Hall–Kier alpha value is -4.11. The lowest BCUT2D eigenvalue weighted by atomic mass is 9.95. The second kappa shape index (κ2) is 15.4. The van der Waals surface area contributed by atoms with Crippen molar-refractivity contribution in [3.05, 3.63) is 116 Å². The molecule has 0 bridgehead atoms. The largest absolute Gasteiger partial charge is 0.496 e. The summed E-state index contributed by atoms with van der Waals surface area (Å²) in [6, 6.07) is 19.7. The first-order chi connectivity index (χ1) is 23.0. The number of fused-ring (bicyclic) bond motifs is 1. The maximum atomic E-state index is 13.9. The molecule has 1 aliphatic rings. The zero-order chi connectivity index (χ0) is 34.4. The SMILES string of the molecule is CC[C@H](O)CCNCc1ccc2c(c1)CCC2Oc1cccc(-c2cccc(/C=C/c3cc(OC)c(C=O)cc3C(F)(F)F)c2C)c1Cl. The van der Waals surface area contributed by atoms with E-state index in [-0.39, 0.29) is 29.1 Å². The summed E-state index contributed by atoms with van der Waals surface area (Å²) in [7, 11) is 1.31. The quantitative estimate of drug-likeness (QED) is 0.0838. The minimum Gasteiger partial charge on any atom is -0.496 e. The van der Waals surface area contributed by atoms with Gasteiger partial charge in [-0.2, -0.15) is 13.2 Å². The van der Waals surface area contributed by atoms with Crippen molar-refractivity contribution in [2.75, 3.05) is 13.7 Å². The minimum atomic E-state index is -4.66. The summed E-state index contributed by atoms with van der Waals surface area (Å²) in [5.41, 5.74) is 5.49. The standard InChI is InChI=1S/C39H39ClF3NO4/c1-4-30(46)17-18-44-22-25-11-15-32-27(19-25)14-16-35(32)48-36-10-6-9-33(38(36)40)31-8-5-7-26(24(31)2)12-13-28-21-37(47-3)29(23-45)20-34(28)39(41,42)43/h5-13,15,19-21,23,30,35,44,46H,4,14,16-18,22H2,1-3H3/b13-12+/t30-,35?/m0/s1. The van der Waals surface area contributed by atoms with Crippen molar-refractivity contribution in [2.24, 2.45) is 0 Å². The van der Waals surface area contributed by atoms with Gasteiger partial charge in [0.15, 0.2) is 6.29 Å². The van der Waals surface area contributed by atoms with Gasteiger partial charge in [0.25, 0.3) is 0 Å². The van der Waals surface area contributed by atoms with Crippen molar-refractivity contribution in [2.45, 2.75) is 64.5 Å². The van der Waals surface area contributed by atoms with E-state index in [1.165, 1.54) is 30.4 Å². The molecule has 1 unspecified atom stereocenters. The van der Waals surface area contributed by atoms with Crippen molar-refractivity contribution in [3.63, 3.8) is 0 Å². The van der Waals surface area contributed by atoms with Gasteiger partial charge < -0.3 is 19.9 Å². The number of hydrogen-bond acceptors (Lipinski definition) is 5. The van der Waals surface area contributed by atoms with Crippen LogP contribution in [-0.2, 0) is 19.1 Å². The molecule has 0 aliphatic heterocycles. The lowest BCUT2D eigenvalue weighted by molar-refractivity contribution is -0.137. The summed E-state index contributed by atoms with van der Waals surface area (Å²) in [6.07, 6.45) is 1.47. The zero-order valence-electron chi connectivity index (χ0n) is 27.2. The van der Waals surface area contributed by atoms with E-state index < -0.39 is 11.7 Å². The molecule has 0 spiro atoms. The number of alkyl halides is 3. The Morgan fingerprint density at radius 1 is 1.00 bits per heavy atom. The number of aliphatic hydroxyl groups is 1. The Bertz CT molecular complexity index is 1800. The molecule has 0 saturated carbocycles. The van der Waals surface area contributed by atoms with Gasteiger partial charge in [-0.3, -0.25) is 4.79 Å². The van der Waals surface area contributed by atoms with E-state index in [2.05, 4.69) is 23.5 Å². The molecule has 2 atom stereocenters. The summed E-state index contributed by atoms with van der Waals surface area (Å²) < 4.78 is 53.3. The molecule has 5 nitrogen and oxygen atoms in total. The van der Waals surface area contributed by atoms with Crippen LogP contribution < -0.4 is 14.8 Å². The molecule has 4 aromatic rings. The van der Waals surface area contributed by atoms with Crippen LogP contribution in [0.4, 0.5) is 13.2 Å². The molecule has 0 radical (unpaired) electrons. The van der Waals surface area contributed by atoms with Gasteiger partial charge >= 0.3 is 6.18 Å². The third-order valence-corrected chi connectivity index (χ3v) is 9.25. The molecule has 48 heavy (non-hydrogen) atoms. The predicted octanol–water partition coefficient (Wildman–Crippen LogP) is 9.64. The summed E-state index contributed by atoms with van der Waals surface area (Å²) in [4.78, 5) is 11.4. The van der Waals surface area contributed by atoms with Crippen LogP contribution >= 0.6 is 11.6 Å². The molecule has 0 saturated heterocycles. The van der Waals surface area contributed by atoms with E-state index in [4.69, 9.17) is 21.1 Å². The van der Waals surface area contributed by atoms with Crippen LogP contribution in [0, 0.1) is 6.92 Å². The lowest BCUT2D eigenvalue weighted by Gasteiger charge is -2.19. The van der Waals surface area contributed by atoms with E-state index >= 15 is 0 Å². The number of nitrogens with one attached hydrogen (secondary N) is 1. The number of rotatable bonds is 13. The third-order valence-electron chi connectivity index (χ3n) is 8.86. The summed E-state index contributed by atoms with van der Waals surface area (Å²) in [5, 5.41) is 13.6. The molecule has 1 aliphatic carbocycles. The van der Waals surface area contributed by atoms with E-state index in [0.29, 0.717) is 22.6 Å². The minimum absolute atomic E-state index is 0.0633. The molecular formula is C39H39ClF3NO4. The Kier molecular flexibility index (Phi) is 11.3. The molecule has 0 heterocycles. The molecule has 0 amide bonds. The van der Waals surface area contributed by atoms with Gasteiger partial charge in [-0.25, -0.2) is 0 Å². The van der Waals surface area contributed by atoms with E-state index in [1.807, 2.05) is 50.2 Å². The second-order valence-corrected chi connectivity index (χ2v) is 12.4. The van der Waals surface area contributed by atoms with Crippen LogP contribution in [0.1, 0.15) is 81.6 Å². The highest BCUT2D eigenvalue weighted by molar-refractivity contribution is 6.34. The molecule has 252 valence electrons. The van der Waals surface area contributed by atoms with E-state index in [1.54, 1.807) is 6.08 Å². The molecule has 4 aromatic carbocycles. The molecule has 0 fully saturated rings. The zero-order valence-corrected chi connectivity index (χ0v) is 27.9. The number of carbonyl (C=O) groups is 1. The first-order valence-corrected chi connectivity index (χ1v) is 16.4. The fraction of sp³-hybridized carbons (Fsp3) is 0.308. The number of ether oxygens (including phenoxy) is 2. The predicted molar refractivity (Wildman–Crippen MR) is 185 cm³/mol. The van der Waals surface area contributed by atoms with Gasteiger partial charge in [0, 0.05) is 12.1 Å². The molecule has 0 aromatic heterocycles. The van der Waals surface area contributed by atoms with Crippen molar-refractivity contribution in [3.8, 4) is 22.6 Å². The Labute approximate surface area is 284 Å². The third kappa shape index (κ3) is 7.95. The highest BCUT2D eigenvalue weighted by Gasteiger charge is 2.34. The second-order valence-electron chi connectivity index (χ2n) is 12.0. The maximum absolute atomic E-state index is 13.9. The van der Waals surface area contributed by atoms with Crippen LogP contribution in [0.15, 0.2) is 66.7 Å². The first kappa shape index (κ1) is 35.2. The average Bonchev–Trinajstić information content (AvgIpc) is 3.48. The van der Waals surface area contributed by atoms with Crippen molar-refractivity contribution in [1.82, 2.24) is 5.32 Å².